The fourth-order valence-corrected chi connectivity index (χ4v) is 2.81. The number of nitrogens with two attached hydrogens (primary N) is 1. The van der Waals surface area contributed by atoms with E-state index in [1.165, 1.54) is 6.07 Å². The normalized spacial score (nSPS) is 11.7. The van der Waals surface area contributed by atoms with Crippen LogP contribution in [-0.2, 0) is 17.5 Å². The molecule has 3 rings (SSSR count). The van der Waals surface area contributed by atoms with Gasteiger partial charge >= 0.3 is 6.18 Å². The first-order valence-electron chi connectivity index (χ1n) is 8.50. The van der Waals surface area contributed by atoms with Gasteiger partial charge in [0.05, 0.1) is 23.1 Å². The molecule has 0 spiro atoms. The molecule has 0 saturated heterocycles. The number of hydrogen-bond donors (Lipinski definition) is 2. The van der Waals surface area contributed by atoms with Crippen LogP contribution in [0.4, 0.5) is 19.1 Å². The molecule has 0 aliphatic rings. The molecule has 1 amide bonds. The van der Waals surface area contributed by atoms with Crippen molar-refractivity contribution < 1.29 is 18.0 Å². The molecule has 0 unspecified atom stereocenters. The van der Waals surface area contributed by atoms with E-state index in [0.717, 1.165) is 17.6 Å². The lowest BCUT2D eigenvalue weighted by Crippen LogP contribution is -2.17. The molecule has 0 fully saturated rings. The van der Waals surface area contributed by atoms with Gasteiger partial charge in [-0.15, -0.1) is 0 Å². The van der Waals surface area contributed by atoms with Crippen molar-refractivity contribution in [1.82, 2.24) is 9.55 Å². The summed E-state index contributed by atoms with van der Waals surface area (Å²) in [5.41, 5.74) is 6.55. The largest absolute Gasteiger partial charge is 0.416 e. The van der Waals surface area contributed by atoms with Gasteiger partial charge in [-0.25, -0.2) is 4.98 Å². The minimum absolute atomic E-state index is 0.150. The van der Waals surface area contributed by atoms with Crippen molar-refractivity contribution in [3.05, 3.63) is 59.7 Å². The maximum absolute atomic E-state index is 13.0. The van der Waals surface area contributed by atoms with E-state index in [1.54, 1.807) is 16.7 Å². The zero-order valence-corrected chi connectivity index (χ0v) is 14.5. The standard InChI is InChI=1S/C19H19F3N4O/c20-19(21,22)14-6-3-5-13(11-14)12-26-16-8-2-1-7-15(16)24-18(26)25-17(27)9-4-10-23/h1-3,5-8,11H,4,9-10,12,23H2,(H,24,25,27). The Morgan fingerprint density at radius 2 is 1.93 bits per heavy atom. The Kier molecular flexibility index (Phi) is 5.46. The first-order chi connectivity index (χ1) is 12.9. The lowest BCUT2D eigenvalue weighted by molar-refractivity contribution is -0.137. The molecule has 0 saturated carbocycles. The molecule has 142 valence electrons. The summed E-state index contributed by atoms with van der Waals surface area (Å²) in [6, 6.07) is 12.3. The highest BCUT2D eigenvalue weighted by Crippen LogP contribution is 2.30. The Hall–Kier alpha value is -2.87. The van der Waals surface area contributed by atoms with Gasteiger partial charge in [-0.2, -0.15) is 13.2 Å². The molecule has 3 N–H and O–H groups in total. The Morgan fingerprint density at radius 3 is 2.67 bits per heavy atom. The average molecular weight is 376 g/mol. The van der Waals surface area contributed by atoms with Crippen molar-refractivity contribution in [1.29, 1.82) is 0 Å². The van der Waals surface area contributed by atoms with Gasteiger partial charge in [0, 0.05) is 6.42 Å². The van der Waals surface area contributed by atoms with Crippen molar-refractivity contribution in [2.75, 3.05) is 11.9 Å². The monoisotopic (exact) mass is 376 g/mol. The molecular formula is C19H19F3N4O. The lowest BCUT2D eigenvalue weighted by Gasteiger charge is -2.12. The highest BCUT2D eigenvalue weighted by Gasteiger charge is 2.30. The van der Waals surface area contributed by atoms with Crippen LogP contribution in [0.2, 0.25) is 0 Å². The minimum Gasteiger partial charge on any atom is -0.330 e. The van der Waals surface area contributed by atoms with Crippen molar-refractivity contribution in [2.24, 2.45) is 5.73 Å². The predicted octanol–water partition coefficient (Wildman–Crippen LogP) is 3.78. The third-order valence-corrected chi connectivity index (χ3v) is 4.11. The Labute approximate surface area is 154 Å². The van der Waals surface area contributed by atoms with Gasteiger partial charge < -0.3 is 10.3 Å². The fraction of sp³-hybridized carbons (Fsp3) is 0.263. The SMILES string of the molecule is NCCCC(=O)Nc1nc2ccccc2n1Cc1cccc(C(F)(F)F)c1. The number of para-hydroxylation sites is 2. The van der Waals surface area contributed by atoms with Gasteiger partial charge in [0.25, 0.3) is 0 Å². The van der Waals surface area contributed by atoms with E-state index in [4.69, 9.17) is 5.73 Å². The number of carbonyl (C=O) groups is 1. The molecule has 5 nitrogen and oxygen atoms in total. The molecule has 3 aromatic rings. The van der Waals surface area contributed by atoms with E-state index in [2.05, 4.69) is 10.3 Å². The summed E-state index contributed by atoms with van der Waals surface area (Å²) in [6.45, 7) is 0.547. The minimum atomic E-state index is -4.41. The molecule has 0 bridgehead atoms. The van der Waals surface area contributed by atoms with Crippen LogP contribution < -0.4 is 11.1 Å². The molecule has 1 aromatic heterocycles. The number of amides is 1. The Balaban J connectivity index is 1.95. The molecule has 2 aromatic carbocycles. The number of halogens is 3. The van der Waals surface area contributed by atoms with Crippen LogP contribution in [0.25, 0.3) is 11.0 Å². The van der Waals surface area contributed by atoms with Crippen molar-refractivity contribution in [3.8, 4) is 0 Å². The number of nitrogens with zero attached hydrogens (tertiary/aromatic N) is 2. The highest BCUT2D eigenvalue weighted by atomic mass is 19.4. The Bertz CT molecular complexity index is 950. The Morgan fingerprint density at radius 1 is 1.15 bits per heavy atom. The van der Waals surface area contributed by atoms with Crippen LogP contribution in [0, 0.1) is 0 Å². The summed E-state index contributed by atoms with van der Waals surface area (Å²) < 4.78 is 40.6. The van der Waals surface area contributed by atoms with Crippen LogP contribution >= 0.6 is 0 Å². The topological polar surface area (TPSA) is 72.9 Å². The summed E-state index contributed by atoms with van der Waals surface area (Å²) in [7, 11) is 0. The number of aromatic nitrogens is 2. The first-order valence-corrected chi connectivity index (χ1v) is 8.50. The van der Waals surface area contributed by atoms with Crippen molar-refractivity contribution >= 4 is 22.9 Å². The summed E-state index contributed by atoms with van der Waals surface area (Å²) >= 11 is 0. The van der Waals surface area contributed by atoms with Gasteiger partial charge in [-0.05, 0) is 42.8 Å². The number of imidazole rings is 1. The van der Waals surface area contributed by atoms with Crippen molar-refractivity contribution in [2.45, 2.75) is 25.6 Å². The van der Waals surface area contributed by atoms with E-state index in [0.29, 0.717) is 30.0 Å². The van der Waals surface area contributed by atoms with Crippen LogP contribution in [0.1, 0.15) is 24.0 Å². The van der Waals surface area contributed by atoms with E-state index in [1.807, 2.05) is 18.2 Å². The highest BCUT2D eigenvalue weighted by molar-refractivity contribution is 5.91. The number of nitrogens with one attached hydrogen (secondary N) is 1. The number of hydrogen-bond acceptors (Lipinski definition) is 3. The maximum Gasteiger partial charge on any atom is 0.416 e. The van der Waals surface area contributed by atoms with E-state index in [-0.39, 0.29) is 18.9 Å². The quantitative estimate of drug-likeness (QED) is 0.688. The van der Waals surface area contributed by atoms with Gasteiger partial charge in [-0.3, -0.25) is 10.1 Å². The zero-order chi connectivity index (χ0) is 19.4. The second-order valence-corrected chi connectivity index (χ2v) is 6.15. The predicted molar refractivity (Wildman–Crippen MR) is 97.2 cm³/mol. The average Bonchev–Trinajstić information content (AvgIpc) is 2.97. The van der Waals surface area contributed by atoms with Crippen LogP contribution in [-0.4, -0.2) is 22.0 Å². The van der Waals surface area contributed by atoms with Gasteiger partial charge in [0.1, 0.15) is 0 Å². The van der Waals surface area contributed by atoms with E-state index >= 15 is 0 Å². The lowest BCUT2D eigenvalue weighted by atomic mass is 10.1. The van der Waals surface area contributed by atoms with Crippen molar-refractivity contribution in [3.63, 3.8) is 0 Å². The van der Waals surface area contributed by atoms with Gasteiger partial charge in [-0.1, -0.05) is 24.3 Å². The molecule has 0 atom stereocenters. The number of benzene rings is 2. The fourth-order valence-electron chi connectivity index (χ4n) is 2.81. The third kappa shape index (κ3) is 4.46. The number of anilines is 1. The second kappa shape index (κ2) is 7.79. The van der Waals surface area contributed by atoms with Crippen LogP contribution in [0.5, 0.6) is 0 Å². The van der Waals surface area contributed by atoms with Gasteiger partial charge in [0.15, 0.2) is 0 Å². The molecule has 0 radical (unpaired) electrons. The summed E-state index contributed by atoms with van der Waals surface area (Å²) in [5, 5.41) is 2.74. The number of alkyl halides is 3. The molecular weight excluding hydrogens is 357 g/mol. The molecule has 1 heterocycles. The molecule has 27 heavy (non-hydrogen) atoms. The smallest absolute Gasteiger partial charge is 0.330 e. The molecule has 0 aliphatic carbocycles. The van der Waals surface area contributed by atoms with Crippen LogP contribution in [0.3, 0.4) is 0 Å². The number of rotatable bonds is 6. The summed E-state index contributed by atoms with van der Waals surface area (Å²) in [4.78, 5) is 16.5. The van der Waals surface area contributed by atoms with Crippen LogP contribution in [0.15, 0.2) is 48.5 Å². The molecule has 0 aliphatic heterocycles. The maximum atomic E-state index is 13.0. The molecule has 8 heteroatoms. The number of carbonyl (C=O) groups excluding carboxylic acids is 1. The van der Waals surface area contributed by atoms with E-state index in [9.17, 15) is 18.0 Å². The second-order valence-electron chi connectivity index (χ2n) is 6.15. The third-order valence-electron chi connectivity index (χ3n) is 4.11. The van der Waals surface area contributed by atoms with Gasteiger partial charge in [0.2, 0.25) is 11.9 Å². The number of fused-ring (bicyclic) bond motifs is 1. The summed E-state index contributed by atoms with van der Waals surface area (Å²) in [6.07, 6.45) is -3.62. The first kappa shape index (κ1) is 18.9. The van der Waals surface area contributed by atoms with E-state index < -0.39 is 11.7 Å². The zero-order valence-electron chi connectivity index (χ0n) is 14.5. The summed E-state index contributed by atoms with van der Waals surface area (Å²) in [5.74, 6) is 0.0664.